The van der Waals surface area contributed by atoms with Crippen molar-refractivity contribution in [1.82, 2.24) is 0 Å². The maximum absolute atomic E-state index is 13.6. The fourth-order valence-corrected chi connectivity index (χ4v) is 6.08. The summed E-state index contributed by atoms with van der Waals surface area (Å²) >= 11 is 0. The van der Waals surface area contributed by atoms with Crippen molar-refractivity contribution in [1.29, 1.82) is 0 Å². The van der Waals surface area contributed by atoms with Crippen molar-refractivity contribution in [3.05, 3.63) is 77.9 Å². The third-order valence-corrected chi connectivity index (χ3v) is 8.79. The van der Waals surface area contributed by atoms with Gasteiger partial charge in [-0.25, -0.2) is 9.59 Å². The molecule has 0 amide bonds. The number of unbranched alkanes of at least 4 members (excludes halogenated alkanes) is 10. The second-order valence-electron chi connectivity index (χ2n) is 12.6. The normalized spacial score (nSPS) is 12.4. The van der Waals surface area contributed by atoms with Crippen molar-refractivity contribution in [2.45, 2.75) is 110 Å². The number of fused-ring (bicyclic) bond motifs is 2. The Morgan fingerprint density at radius 2 is 1.33 bits per heavy atom. The second-order valence-corrected chi connectivity index (χ2v) is 12.6. The SMILES string of the molecule is CCCCCCCCCCOc1ccc2c(-c3ccc4cc(C(=O)OC(CCCCCC)C(F)(F)F)ccc4c3)c(C(=O)O)ccc2c1. The minimum atomic E-state index is -4.64. The number of carbonyl (C=O) groups excluding carboxylic acids is 1. The van der Waals surface area contributed by atoms with Gasteiger partial charge in [0.05, 0.1) is 17.7 Å². The highest BCUT2D eigenvalue weighted by molar-refractivity contribution is 6.09. The van der Waals surface area contributed by atoms with E-state index in [1.807, 2.05) is 31.2 Å². The van der Waals surface area contributed by atoms with Crippen molar-refractivity contribution in [2.24, 2.45) is 0 Å². The Morgan fingerprint density at radius 1 is 0.708 bits per heavy atom. The molecule has 1 atom stereocenters. The molecular weight excluding hydrogens is 617 g/mol. The predicted molar refractivity (Wildman–Crippen MR) is 186 cm³/mol. The van der Waals surface area contributed by atoms with Crippen LogP contribution in [0.1, 0.15) is 118 Å². The van der Waals surface area contributed by atoms with E-state index < -0.39 is 24.2 Å². The van der Waals surface area contributed by atoms with Gasteiger partial charge >= 0.3 is 18.1 Å². The number of alkyl halides is 3. The van der Waals surface area contributed by atoms with E-state index in [1.54, 1.807) is 30.3 Å². The monoisotopic (exact) mass is 664 g/mol. The smallest absolute Gasteiger partial charge is 0.425 e. The van der Waals surface area contributed by atoms with Gasteiger partial charge in [0.25, 0.3) is 0 Å². The number of ether oxygens (including phenoxy) is 2. The van der Waals surface area contributed by atoms with Crippen LogP contribution in [0.4, 0.5) is 13.2 Å². The number of halogens is 3. The number of hydrogen-bond acceptors (Lipinski definition) is 4. The van der Waals surface area contributed by atoms with E-state index in [0.717, 1.165) is 42.2 Å². The van der Waals surface area contributed by atoms with Crippen LogP contribution in [0, 0.1) is 0 Å². The molecule has 4 rings (SSSR count). The van der Waals surface area contributed by atoms with Crippen LogP contribution in [-0.2, 0) is 4.74 Å². The van der Waals surface area contributed by atoms with Gasteiger partial charge in [-0.3, -0.25) is 0 Å². The lowest BCUT2D eigenvalue weighted by Crippen LogP contribution is -2.33. The highest BCUT2D eigenvalue weighted by Crippen LogP contribution is 2.36. The lowest BCUT2D eigenvalue weighted by Gasteiger charge is -2.21. The molecule has 0 saturated heterocycles. The lowest BCUT2D eigenvalue weighted by molar-refractivity contribution is -0.206. The molecule has 0 saturated carbocycles. The summed E-state index contributed by atoms with van der Waals surface area (Å²) in [7, 11) is 0. The second kappa shape index (κ2) is 17.9. The van der Waals surface area contributed by atoms with Crippen LogP contribution in [0.2, 0.25) is 0 Å². The first-order chi connectivity index (χ1) is 23.1. The first-order valence-corrected chi connectivity index (χ1v) is 17.4. The molecular formula is C40H47F3O5. The van der Waals surface area contributed by atoms with Gasteiger partial charge in [-0.05, 0) is 82.8 Å². The number of esters is 1. The molecule has 4 aromatic rings. The summed E-state index contributed by atoms with van der Waals surface area (Å²) < 4.78 is 51.8. The van der Waals surface area contributed by atoms with Gasteiger partial charge < -0.3 is 14.6 Å². The molecule has 0 aliphatic heterocycles. The topological polar surface area (TPSA) is 72.8 Å². The third kappa shape index (κ3) is 10.2. The van der Waals surface area contributed by atoms with Crippen molar-refractivity contribution in [3.8, 4) is 16.9 Å². The molecule has 0 bridgehead atoms. The van der Waals surface area contributed by atoms with Gasteiger partial charge in [-0.15, -0.1) is 0 Å². The van der Waals surface area contributed by atoms with Gasteiger partial charge in [0.2, 0.25) is 0 Å². The summed E-state index contributed by atoms with van der Waals surface area (Å²) in [6.07, 6.45) is 5.35. The summed E-state index contributed by atoms with van der Waals surface area (Å²) in [6.45, 7) is 4.82. The van der Waals surface area contributed by atoms with Crippen molar-refractivity contribution in [2.75, 3.05) is 6.61 Å². The number of aromatic carboxylic acids is 1. The molecule has 5 nitrogen and oxygen atoms in total. The highest BCUT2D eigenvalue weighted by Gasteiger charge is 2.42. The van der Waals surface area contributed by atoms with Crippen LogP contribution >= 0.6 is 0 Å². The number of benzene rings is 4. The van der Waals surface area contributed by atoms with E-state index in [-0.39, 0.29) is 17.5 Å². The Hall–Kier alpha value is -4.07. The first-order valence-electron chi connectivity index (χ1n) is 17.4. The van der Waals surface area contributed by atoms with Crippen molar-refractivity contribution >= 4 is 33.5 Å². The molecule has 1 N–H and O–H groups in total. The molecule has 48 heavy (non-hydrogen) atoms. The molecule has 4 aromatic carbocycles. The van der Waals surface area contributed by atoms with Crippen LogP contribution in [-0.4, -0.2) is 35.9 Å². The zero-order valence-electron chi connectivity index (χ0n) is 28.0. The summed E-state index contributed by atoms with van der Waals surface area (Å²) in [5.74, 6) is -1.36. The minimum absolute atomic E-state index is 0.0222. The number of hydrogen-bond donors (Lipinski definition) is 1. The maximum atomic E-state index is 13.6. The minimum Gasteiger partial charge on any atom is -0.494 e. The predicted octanol–water partition coefficient (Wildman–Crippen LogP) is 11.9. The number of carboxylic acids is 1. The Morgan fingerprint density at radius 3 is 2.02 bits per heavy atom. The standard InChI is InChI=1S/C40H47F3O5/c1-3-5-7-9-10-11-12-14-24-47-33-21-23-34-30(27-33)20-22-35(38(44)45)37(34)31-18-16-29-26-32(19-17-28(29)25-31)39(46)48-36(40(41,42)43)15-13-8-6-4-2/h16-23,25-27,36H,3-15,24H2,1-2H3,(H,44,45). The number of rotatable bonds is 19. The molecule has 0 spiro atoms. The molecule has 0 aromatic heterocycles. The molecule has 1 unspecified atom stereocenters. The van der Waals surface area contributed by atoms with E-state index in [1.165, 1.54) is 50.7 Å². The highest BCUT2D eigenvalue weighted by atomic mass is 19.4. The molecule has 258 valence electrons. The van der Waals surface area contributed by atoms with Gasteiger partial charge in [-0.1, -0.05) is 108 Å². The molecule has 0 aliphatic carbocycles. The fraction of sp³-hybridized carbons (Fsp3) is 0.450. The zero-order chi connectivity index (χ0) is 34.5. The van der Waals surface area contributed by atoms with E-state index >= 15 is 0 Å². The first kappa shape index (κ1) is 36.8. The number of carbonyl (C=O) groups is 2. The molecule has 0 radical (unpaired) electrons. The van der Waals surface area contributed by atoms with Crippen LogP contribution in [0.25, 0.3) is 32.7 Å². The summed E-state index contributed by atoms with van der Waals surface area (Å²) in [4.78, 5) is 25.1. The van der Waals surface area contributed by atoms with Gasteiger partial charge in [0.1, 0.15) is 5.75 Å². The average Bonchev–Trinajstić information content (AvgIpc) is 3.07. The molecule has 0 aliphatic rings. The number of carboxylic acid groups (broad SMARTS) is 1. The largest absolute Gasteiger partial charge is 0.494 e. The Balaban J connectivity index is 1.50. The molecule has 8 heteroatoms. The average molecular weight is 665 g/mol. The van der Waals surface area contributed by atoms with Gasteiger partial charge in [-0.2, -0.15) is 13.2 Å². The molecule has 0 heterocycles. The van der Waals surface area contributed by atoms with Crippen LogP contribution in [0.5, 0.6) is 5.75 Å². The summed E-state index contributed by atoms with van der Waals surface area (Å²) in [5, 5.41) is 13.0. The van der Waals surface area contributed by atoms with Crippen molar-refractivity contribution in [3.63, 3.8) is 0 Å². The van der Waals surface area contributed by atoms with Crippen LogP contribution < -0.4 is 4.74 Å². The van der Waals surface area contributed by atoms with Gasteiger partial charge in [0, 0.05) is 5.56 Å². The Kier molecular flexibility index (Phi) is 13.7. The Labute approximate surface area is 281 Å². The van der Waals surface area contributed by atoms with E-state index in [0.29, 0.717) is 41.3 Å². The Bertz CT molecular complexity index is 1660. The zero-order valence-corrected chi connectivity index (χ0v) is 28.0. The van der Waals surface area contributed by atoms with Crippen LogP contribution in [0.3, 0.4) is 0 Å². The maximum Gasteiger partial charge on any atom is 0.425 e. The summed E-state index contributed by atoms with van der Waals surface area (Å²) in [6, 6.07) is 18.9. The van der Waals surface area contributed by atoms with E-state index in [2.05, 4.69) is 6.92 Å². The van der Waals surface area contributed by atoms with Gasteiger partial charge in [0.15, 0.2) is 6.10 Å². The molecule has 0 fully saturated rings. The van der Waals surface area contributed by atoms with Crippen molar-refractivity contribution < 1.29 is 37.3 Å². The van der Waals surface area contributed by atoms with E-state index in [4.69, 9.17) is 9.47 Å². The third-order valence-electron chi connectivity index (χ3n) is 8.79. The quantitative estimate of drug-likeness (QED) is 0.0798. The fourth-order valence-electron chi connectivity index (χ4n) is 6.08. The van der Waals surface area contributed by atoms with E-state index in [9.17, 15) is 27.9 Å². The van der Waals surface area contributed by atoms with Crippen LogP contribution in [0.15, 0.2) is 66.7 Å². The lowest BCUT2D eigenvalue weighted by atomic mass is 9.91. The summed E-state index contributed by atoms with van der Waals surface area (Å²) in [5.41, 5.74) is 1.38.